The third-order valence-corrected chi connectivity index (χ3v) is 4.06. The molecular weight excluding hydrogens is 299 g/mol. The lowest BCUT2D eigenvalue weighted by atomic mass is 10.1. The first-order chi connectivity index (χ1) is 8.90. The minimum absolute atomic E-state index is 0.281. The summed E-state index contributed by atoms with van der Waals surface area (Å²) >= 11 is 17.3. The van der Waals surface area contributed by atoms with Crippen LogP contribution in [0.25, 0.3) is 11.3 Å². The molecule has 19 heavy (non-hydrogen) atoms. The van der Waals surface area contributed by atoms with E-state index in [9.17, 15) is 0 Å². The number of aromatic nitrogens is 2. The van der Waals surface area contributed by atoms with Crippen molar-refractivity contribution in [3.8, 4) is 11.3 Å². The van der Waals surface area contributed by atoms with Crippen LogP contribution < -0.4 is 0 Å². The highest BCUT2D eigenvalue weighted by Crippen LogP contribution is 2.29. The maximum Gasteiger partial charge on any atom is 0.133 e. The molecule has 0 saturated heterocycles. The molecule has 0 aliphatic heterocycles. The number of aromatic amines is 1. The van der Waals surface area contributed by atoms with Gasteiger partial charge in [0.2, 0.25) is 0 Å². The number of halogens is 2. The molecule has 5 heteroatoms. The summed E-state index contributed by atoms with van der Waals surface area (Å²) in [5.74, 6) is 1.15. The first-order valence-electron chi connectivity index (χ1n) is 5.96. The van der Waals surface area contributed by atoms with Crippen LogP contribution in [0.2, 0.25) is 10.0 Å². The van der Waals surface area contributed by atoms with Crippen molar-refractivity contribution < 1.29 is 0 Å². The molecule has 0 unspecified atom stereocenters. The Hall–Kier alpha value is -0.900. The molecule has 0 aliphatic carbocycles. The van der Waals surface area contributed by atoms with Crippen molar-refractivity contribution in [2.75, 3.05) is 0 Å². The van der Waals surface area contributed by atoms with Gasteiger partial charge in [0, 0.05) is 11.5 Å². The van der Waals surface area contributed by atoms with Crippen LogP contribution in [-0.2, 0) is 0 Å². The molecule has 0 amide bonds. The summed E-state index contributed by atoms with van der Waals surface area (Å²) in [6.07, 6.45) is 0. The smallest absolute Gasteiger partial charge is 0.133 e. The van der Waals surface area contributed by atoms with Crippen molar-refractivity contribution in [1.29, 1.82) is 0 Å². The molecule has 0 saturated carbocycles. The Bertz CT molecular complexity index is 678. The molecule has 0 atom stereocenters. The average molecular weight is 313 g/mol. The summed E-state index contributed by atoms with van der Waals surface area (Å²) < 4.78 is 0.614. The van der Waals surface area contributed by atoms with Crippen LogP contribution >= 0.6 is 35.4 Å². The minimum atomic E-state index is 0.281. The summed E-state index contributed by atoms with van der Waals surface area (Å²) in [5.41, 5.74) is 2.85. The number of nitrogens with zero attached hydrogens (tertiary/aromatic N) is 1. The van der Waals surface area contributed by atoms with Crippen molar-refractivity contribution in [3.63, 3.8) is 0 Å². The molecule has 0 fully saturated rings. The van der Waals surface area contributed by atoms with Gasteiger partial charge in [-0.05, 0) is 24.6 Å². The topological polar surface area (TPSA) is 28.7 Å². The van der Waals surface area contributed by atoms with Gasteiger partial charge in [0.1, 0.15) is 10.5 Å². The van der Waals surface area contributed by atoms with Gasteiger partial charge in [-0.25, -0.2) is 4.98 Å². The van der Waals surface area contributed by atoms with Crippen LogP contribution in [0.5, 0.6) is 0 Å². The van der Waals surface area contributed by atoms with E-state index < -0.39 is 0 Å². The lowest BCUT2D eigenvalue weighted by molar-refractivity contribution is 0.770. The maximum atomic E-state index is 6.07. The Balaban J connectivity index is 2.67. The Morgan fingerprint density at radius 3 is 2.47 bits per heavy atom. The van der Waals surface area contributed by atoms with Crippen molar-refractivity contribution >= 4 is 35.4 Å². The number of hydrogen-bond donors (Lipinski definition) is 1. The molecule has 0 radical (unpaired) electrons. The first-order valence-corrected chi connectivity index (χ1v) is 7.12. The Labute approximate surface area is 127 Å². The van der Waals surface area contributed by atoms with E-state index in [4.69, 9.17) is 35.4 Å². The molecule has 0 spiro atoms. The first kappa shape index (κ1) is 14.5. The number of nitrogens with one attached hydrogen (secondary N) is 1. The number of H-pyrrole nitrogens is 1. The van der Waals surface area contributed by atoms with Crippen LogP contribution in [0.1, 0.15) is 31.2 Å². The fourth-order valence-corrected chi connectivity index (χ4v) is 2.26. The predicted molar refractivity (Wildman–Crippen MR) is 83.7 cm³/mol. The molecule has 0 bridgehead atoms. The summed E-state index contributed by atoms with van der Waals surface area (Å²) in [6, 6.07) is 5.54. The van der Waals surface area contributed by atoms with E-state index in [1.165, 1.54) is 0 Å². The van der Waals surface area contributed by atoms with Gasteiger partial charge in [-0.3, -0.25) is 0 Å². The summed E-state index contributed by atoms with van der Waals surface area (Å²) in [7, 11) is 0. The largest absolute Gasteiger partial charge is 0.343 e. The molecule has 2 aromatic rings. The summed E-state index contributed by atoms with van der Waals surface area (Å²) in [6.45, 7) is 6.09. The zero-order chi connectivity index (χ0) is 14.2. The molecule has 100 valence electrons. The second-order valence-corrected chi connectivity index (χ2v) is 5.91. The molecule has 1 aromatic heterocycles. The maximum absolute atomic E-state index is 6.07. The van der Waals surface area contributed by atoms with E-state index in [0.29, 0.717) is 14.7 Å². The van der Waals surface area contributed by atoms with Gasteiger partial charge >= 0.3 is 0 Å². The standard InChI is InChI=1S/C14H14Cl2N2S/c1-7(2)13-17-12(8(3)14(19)18-13)9-4-5-10(15)11(16)6-9/h4-7H,1-3H3,(H,17,18,19). The second-order valence-electron chi connectivity index (χ2n) is 4.71. The molecule has 1 aromatic carbocycles. The van der Waals surface area contributed by atoms with E-state index in [0.717, 1.165) is 22.6 Å². The monoisotopic (exact) mass is 312 g/mol. The molecule has 1 N–H and O–H groups in total. The van der Waals surface area contributed by atoms with E-state index >= 15 is 0 Å². The third kappa shape index (κ3) is 2.99. The van der Waals surface area contributed by atoms with Gasteiger partial charge in [0.25, 0.3) is 0 Å². The van der Waals surface area contributed by atoms with Gasteiger partial charge in [0.05, 0.1) is 15.7 Å². The average Bonchev–Trinajstić information content (AvgIpc) is 2.35. The summed E-state index contributed by atoms with van der Waals surface area (Å²) in [5, 5.41) is 1.07. The van der Waals surface area contributed by atoms with E-state index in [1.54, 1.807) is 6.07 Å². The van der Waals surface area contributed by atoms with Crippen LogP contribution in [0, 0.1) is 11.6 Å². The molecule has 2 nitrogen and oxygen atoms in total. The van der Waals surface area contributed by atoms with Crippen molar-refractivity contribution in [2.24, 2.45) is 0 Å². The van der Waals surface area contributed by atoms with Crippen LogP contribution in [0.4, 0.5) is 0 Å². The zero-order valence-electron chi connectivity index (χ0n) is 10.9. The van der Waals surface area contributed by atoms with Gasteiger partial charge in [-0.2, -0.15) is 0 Å². The van der Waals surface area contributed by atoms with E-state index in [-0.39, 0.29) is 5.92 Å². The van der Waals surface area contributed by atoms with E-state index in [2.05, 4.69) is 23.8 Å². The van der Waals surface area contributed by atoms with Crippen molar-refractivity contribution in [1.82, 2.24) is 9.97 Å². The lowest BCUT2D eigenvalue weighted by Crippen LogP contribution is -2.02. The van der Waals surface area contributed by atoms with Crippen LogP contribution in [0.3, 0.4) is 0 Å². The van der Waals surface area contributed by atoms with Crippen LogP contribution in [0.15, 0.2) is 18.2 Å². The van der Waals surface area contributed by atoms with E-state index in [1.807, 2.05) is 19.1 Å². The molecule has 2 rings (SSSR count). The zero-order valence-corrected chi connectivity index (χ0v) is 13.2. The molecular formula is C14H14Cl2N2S. The minimum Gasteiger partial charge on any atom is -0.343 e. The Morgan fingerprint density at radius 1 is 1.21 bits per heavy atom. The normalized spacial score (nSPS) is 11.1. The quantitative estimate of drug-likeness (QED) is 0.737. The van der Waals surface area contributed by atoms with Gasteiger partial charge in [0.15, 0.2) is 0 Å². The highest BCUT2D eigenvalue weighted by molar-refractivity contribution is 7.71. The van der Waals surface area contributed by atoms with Crippen molar-refractivity contribution in [2.45, 2.75) is 26.7 Å². The van der Waals surface area contributed by atoms with Crippen LogP contribution in [-0.4, -0.2) is 9.97 Å². The molecule has 0 aliphatic rings. The fraction of sp³-hybridized carbons (Fsp3) is 0.286. The Kier molecular flexibility index (Phi) is 4.29. The SMILES string of the molecule is Cc1c(-c2ccc(Cl)c(Cl)c2)[nH]c(C(C)C)nc1=S. The van der Waals surface area contributed by atoms with Crippen molar-refractivity contribution in [3.05, 3.63) is 44.3 Å². The Morgan fingerprint density at radius 2 is 1.89 bits per heavy atom. The number of hydrogen-bond acceptors (Lipinski definition) is 2. The third-order valence-electron chi connectivity index (χ3n) is 2.93. The van der Waals surface area contributed by atoms with Gasteiger partial charge in [-0.1, -0.05) is 55.3 Å². The fourth-order valence-electron chi connectivity index (χ4n) is 1.76. The molecule has 1 heterocycles. The second kappa shape index (κ2) is 5.61. The van der Waals surface area contributed by atoms with Gasteiger partial charge in [-0.15, -0.1) is 0 Å². The predicted octanol–water partition coefficient (Wildman–Crippen LogP) is 5.54. The summed E-state index contributed by atoms with van der Waals surface area (Å²) in [4.78, 5) is 7.74. The lowest BCUT2D eigenvalue weighted by Gasteiger charge is -2.12. The highest BCUT2D eigenvalue weighted by Gasteiger charge is 2.10. The highest BCUT2D eigenvalue weighted by atomic mass is 35.5. The van der Waals surface area contributed by atoms with Gasteiger partial charge < -0.3 is 4.98 Å². The number of benzene rings is 1. The number of rotatable bonds is 2.